The summed E-state index contributed by atoms with van der Waals surface area (Å²) < 4.78 is 1.76. The molecule has 0 atom stereocenters. The van der Waals surface area contributed by atoms with Gasteiger partial charge in [-0.25, -0.2) is 4.85 Å². The van der Waals surface area contributed by atoms with Gasteiger partial charge in [-0.15, -0.1) is 0 Å². The Hall–Kier alpha value is -2.08. The highest BCUT2D eigenvalue weighted by Crippen LogP contribution is 2.39. The van der Waals surface area contributed by atoms with E-state index in [1.54, 1.807) is 10.9 Å². The summed E-state index contributed by atoms with van der Waals surface area (Å²) in [6.07, 6.45) is 3.74. The number of nitrogens with zero attached hydrogens (tertiary/aromatic N) is 3. The van der Waals surface area contributed by atoms with Gasteiger partial charge in [-0.2, -0.15) is 5.10 Å². The molecule has 92 valence electrons. The summed E-state index contributed by atoms with van der Waals surface area (Å²) in [7, 11) is 1.88. The third-order valence-corrected chi connectivity index (χ3v) is 2.97. The lowest BCUT2D eigenvalue weighted by molar-refractivity contribution is 0.593. The number of rotatable bonds is 1. The van der Waals surface area contributed by atoms with Crippen molar-refractivity contribution in [2.24, 2.45) is 7.05 Å². The highest BCUT2D eigenvalue weighted by molar-refractivity contribution is 5.81. The second kappa shape index (κ2) is 4.30. The maximum absolute atomic E-state index is 7.46. The zero-order valence-corrected chi connectivity index (χ0v) is 11.2. The predicted molar refractivity (Wildman–Crippen MR) is 73.6 cm³/mol. The maximum Gasteiger partial charge on any atom is 0.198 e. The third kappa shape index (κ3) is 2.14. The van der Waals surface area contributed by atoms with Crippen LogP contribution in [0.25, 0.3) is 16.0 Å². The molecule has 1 heterocycles. The van der Waals surface area contributed by atoms with Gasteiger partial charge in [0, 0.05) is 18.8 Å². The zero-order valence-electron chi connectivity index (χ0n) is 11.2. The molecule has 0 saturated heterocycles. The van der Waals surface area contributed by atoms with E-state index in [-0.39, 0.29) is 5.41 Å². The van der Waals surface area contributed by atoms with E-state index in [1.807, 2.05) is 31.4 Å². The number of hydrogen-bond donors (Lipinski definition) is 0. The summed E-state index contributed by atoms with van der Waals surface area (Å²) in [6, 6.07) is 6.03. The first-order valence-corrected chi connectivity index (χ1v) is 5.93. The molecule has 0 saturated carbocycles. The van der Waals surface area contributed by atoms with Crippen molar-refractivity contribution >= 4 is 5.69 Å². The fraction of sp³-hybridized carbons (Fsp3) is 0.333. The van der Waals surface area contributed by atoms with Crippen molar-refractivity contribution in [3.8, 4) is 11.1 Å². The van der Waals surface area contributed by atoms with Crippen LogP contribution in [-0.4, -0.2) is 9.78 Å². The van der Waals surface area contributed by atoms with Crippen molar-refractivity contribution < 1.29 is 0 Å². The van der Waals surface area contributed by atoms with Gasteiger partial charge in [0.1, 0.15) is 0 Å². The van der Waals surface area contributed by atoms with E-state index >= 15 is 0 Å². The van der Waals surface area contributed by atoms with E-state index < -0.39 is 0 Å². The summed E-state index contributed by atoms with van der Waals surface area (Å²) in [6.45, 7) is 13.8. The number of hydrogen-bond acceptors (Lipinski definition) is 1. The Labute approximate surface area is 108 Å². The average molecular weight is 239 g/mol. The molecule has 1 aromatic carbocycles. The minimum Gasteiger partial charge on any atom is -0.275 e. The lowest BCUT2D eigenvalue weighted by Crippen LogP contribution is -2.11. The van der Waals surface area contributed by atoms with Gasteiger partial charge in [0.15, 0.2) is 5.69 Å². The molecule has 0 aliphatic heterocycles. The molecule has 0 aliphatic carbocycles. The Kier molecular flexibility index (Phi) is 2.96. The van der Waals surface area contributed by atoms with Crippen LogP contribution in [0.3, 0.4) is 0 Å². The lowest BCUT2D eigenvalue weighted by Gasteiger charge is -2.22. The highest BCUT2D eigenvalue weighted by atomic mass is 15.2. The second-order valence-electron chi connectivity index (χ2n) is 5.47. The van der Waals surface area contributed by atoms with Crippen LogP contribution >= 0.6 is 0 Å². The van der Waals surface area contributed by atoms with Crippen molar-refractivity contribution in [3.63, 3.8) is 0 Å². The standard InChI is InChI=1S/C15H17N3/c1-15(2,3)13-8-6-7-12(14(13)16-4)11-9-17-18(5)10-11/h6-10H,1-3,5H3. The number of para-hydroxylation sites is 1. The number of benzene rings is 1. The smallest absolute Gasteiger partial charge is 0.198 e. The predicted octanol–water partition coefficient (Wildman–Crippen LogP) is 3.94. The van der Waals surface area contributed by atoms with E-state index in [1.165, 1.54) is 0 Å². The van der Waals surface area contributed by atoms with Crippen molar-refractivity contribution in [1.82, 2.24) is 9.78 Å². The Morgan fingerprint density at radius 1 is 1.28 bits per heavy atom. The Bertz CT molecular complexity index is 609. The maximum atomic E-state index is 7.46. The molecular formula is C15H17N3. The fourth-order valence-electron chi connectivity index (χ4n) is 2.06. The summed E-state index contributed by atoms with van der Waals surface area (Å²) in [5.74, 6) is 0. The van der Waals surface area contributed by atoms with Gasteiger partial charge >= 0.3 is 0 Å². The molecule has 0 fully saturated rings. The molecule has 0 spiro atoms. The first-order chi connectivity index (χ1) is 8.43. The molecule has 0 bridgehead atoms. The Balaban J connectivity index is 2.67. The van der Waals surface area contributed by atoms with Crippen LogP contribution in [-0.2, 0) is 12.5 Å². The molecular weight excluding hydrogens is 222 g/mol. The highest BCUT2D eigenvalue weighted by Gasteiger charge is 2.20. The van der Waals surface area contributed by atoms with E-state index in [0.717, 1.165) is 22.4 Å². The first-order valence-electron chi connectivity index (χ1n) is 5.93. The topological polar surface area (TPSA) is 22.2 Å². The van der Waals surface area contributed by atoms with Crippen molar-refractivity contribution in [2.45, 2.75) is 26.2 Å². The van der Waals surface area contributed by atoms with Crippen LogP contribution in [0.15, 0.2) is 30.6 Å². The number of aromatic nitrogens is 2. The molecule has 0 amide bonds. The van der Waals surface area contributed by atoms with Crippen LogP contribution in [0.4, 0.5) is 5.69 Å². The molecule has 3 nitrogen and oxygen atoms in total. The van der Waals surface area contributed by atoms with Gasteiger partial charge in [-0.1, -0.05) is 39.0 Å². The molecule has 0 N–H and O–H groups in total. The van der Waals surface area contributed by atoms with Gasteiger partial charge in [-0.05, 0) is 16.5 Å². The van der Waals surface area contributed by atoms with E-state index in [4.69, 9.17) is 6.57 Å². The largest absolute Gasteiger partial charge is 0.275 e. The third-order valence-electron chi connectivity index (χ3n) is 2.97. The van der Waals surface area contributed by atoms with Crippen LogP contribution in [0.5, 0.6) is 0 Å². The van der Waals surface area contributed by atoms with Crippen molar-refractivity contribution in [3.05, 3.63) is 47.6 Å². The first kappa shape index (κ1) is 12.4. The average Bonchev–Trinajstić information content (AvgIpc) is 2.73. The molecule has 18 heavy (non-hydrogen) atoms. The van der Waals surface area contributed by atoms with Crippen LogP contribution in [0.1, 0.15) is 26.3 Å². The Morgan fingerprint density at radius 3 is 2.50 bits per heavy atom. The van der Waals surface area contributed by atoms with Gasteiger partial charge in [0.25, 0.3) is 0 Å². The molecule has 0 radical (unpaired) electrons. The van der Waals surface area contributed by atoms with E-state index in [2.05, 4.69) is 30.7 Å². The van der Waals surface area contributed by atoms with Gasteiger partial charge in [-0.3, -0.25) is 4.68 Å². The normalized spacial score (nSPS) is 11.3. The molecule has 3 heteroatoms. The molecule has 1 aromatic heterocycles. The van der Waals surface area contributed by atoms with Crippen LogP contribution in [0.2, 0.25) is 0 Å². The molecule has 0 unspecified atom stereocenters. The minimum absolute atomic E-state index is 0.0297. The van der Waals surface area contributed by atoms with Crippen molar-refractivity contribution in [1.29, 1.82) is 0 Å². The van der Waals surface area contributed by atoms with E-state index in [0.29, 0.717) is 0 Å². The fourth-order valence-corrected chi connectivity index (χ4v) is 2.06. The second-order valence-corrected chi connectivity index (χ2v) is 5.47. The Morgan fingerprint density at radius 2 is 2.00 bits per heavy atom. The SMILES string of the molecule is [C-]#[N+]c1c(-c2cnn(C)c2)cccc1C(C)(C)C. The lowest BCUT2D eigenvalue weighted by atomic mass is 9.84. The minimum atomic E-state index is -0.0297. The zero-order chi connectivity index (χ0) is 13.3. The van der Waals surface area contributed by atoms with Crippen LogP contribution in [0, 0.1) is 6.57 Å². The summed E-state index contributed by atoms with van der Waals surface area (Å²) in [5.41, 5.74) is 3.75. The molecule has 2 aromatic rings. The van der Waals surface area contributed by atoms with Gasteiger partial charge < -0.3 is 0 Å². The van der Waals surface area contributed by atoms with Crippen LogP contribution < -0.4 is 0 Å². The summed E-state index contributed by atoms with van der Waals surface area (Å²) in [4.78, 5) is 3.74. The number of aryl methyl sites for hydroxylation is 1. The quantitative estimate of drug-likeness (QED) is 0.691. The summed E-state index contributed by atoms with van der Waals surface area (Å²) >= 11 is 0. The monoisotopic (exact) mass is 239 g/mol. The van der Waals surface area contributed by atoms with Crippen molar-refractivity contribution in [2.75, 3.05) is 0 Å². The van der Waals surface area contributed by atoms with Gasteiger partial charge in [0.05, 0.1) is 12.8 Å². The van der Waals surface area contributed by atoms with Gasteiger partial charge in [0.2, 0.25) is 0 Å². The molecule has 2 rings (SSSR count). The van der Waals surface area contributed by atoms with E-state index in [9.17, 15) is 0 Å². The molecule has 0 aliphatic rings. The summed E-state index contributed by atoms with van der Waals surface area (Å²) in [5, 5.41) is 4.17.